The Hall–Kier alpha value is -1.60. The number of nitriles is 1. The smallest absolute Gasteiger partial charge is 0.147 e. The molecule has 1 saturated heterocycles. The van der Waals surface area contributed by atoms with E-state index in [9.17, 15) is 10.4 Å². The second-order valence-corrected chi connectivity index (χ2v) is 5.62. The zero-order valence-corrected chi connectivity index (χ0v) is 10.8. The molecule has 1 aliphatic carbocycles. The SMILES string of the molecule is Cc1cc(C)c(C#N)c(N2CC(O)(C3CC3)C2)n1. The summed E-state index contributed by atoms with van der Waals surface area (Å²) in [5, 5.41) is 19.6. The van der Waals surface area contributed by atoms with E-state index < -0.39 is 5.60 Å². The van der Waals surface area contributed by atoms with Crippen molar-refractivity contribution < 1.29 is 5.11 Å². The van der Waals surface area contributed by atoms with Gasteiger partial charge in [-0.25, -0.2) is 4.98 Å². The van der Waals surface area contributed by atoms with Gasteiger partial charge in [-0.05, 0) is 44.2 Å². The molecule has 0 spiro atoms. The third-order valence-electron chi connectivity index (χ3n) is 4.00. The number of aryl methyl sites for hydroxylation is 2. The molecule has 0 radical (unpaired) electrons. The van der Waals surface area contributed by atoms with Crippen molar-refractivity contribution in [3.8, 4) is 6.07 Å². The fourth-order valence-corrected chi connectivity index (χ4v) is 2.83. The van der Waals surface area contributed by atoms with Gasteiger partial charge in [0.05, 0.1) is 18.7 Å². The van der Waals surface area contributed by atoms with Crippen LogP contribution < -0.4 is 4.90 Å². The van der Waals surface area contributed by atoms with Crippen molar-refractivity contribution in [1.82, 2.24) is 4.98 Å². The minimum atomic E-state index is -0.536. The minimum absolute atomic E-state index is 0.463. The number of aromatic nitrogens is 1. The molecule has 2 fully saturated rings. The molecule has 0 amide bonds. The molecule has 1 saturated carbocycles. The highest BCUT2D eigenvalue weighted by molar-refractivity contribution is 5.60. The van der Waals surface area contributed by atoms with Crippen LogP contribution in [0.2, 0.25) is 0 Å². The minimum Gasteiger partial charge on any atom is -0.386 e. The first-order chi connectivity index (χ1) is 8.53. The number of pyridine rings is 1. The van der Waals surface area contributed by atoms with Gasteiger partial charge in [0.2, 0.25) is 0 Å². The van der Waals surface area contributed by atoms with Crippen molar-refractivity contribution in [1.29, 1.82) is 5.26 Å². The van der Waals surface area contributed by atoms with E-state index in [2.05, 4.69) is 11.1 Å². The summed E-state index contributed by atoms with van der Waals surface area (Å²) in [6.07, 6.45) is 2.27. The van der Waals surface area contributed by atoms with Crippen molar-refractivity contribution in [2.45, 2.75) is 32.3 Å². The molecule has 2 heterocycles. The summed E-state index contributed by atoms with van der Waals surface area (Å²) >= 11 is 0. The van der Waals surface area contributed by atoms with E-state index in [1.54, 1.807) is 0 Å². The Labute approximate surface area is 107 Å². The van der Waals surface area contributed by atoms with Crippen LogP contribution in [0.15, 0.2) is 6.07 Å². The van der Waals surface area contributed by atoms with Crippen molar-refractivity contribution in [2.24, 2.45) is 5.92 Å². The molecule has 1 aromatic heterocycles. The first-order valence-corrected chi connectivity index (χ1v) is 6.39. The molecule has 3 rings (SSSR count). The van der Waals surface area contributed by atoms with Gasteiger partial charge >= 0.3 is 0 Å². The zero-order chi connectivity index (χ0) is 12.9. The van der Waals surface area contributed by atoms with Crippen LogP contribution in [0.25, 0.3) is 0 Å². The van der Waals surface area contributed by atoms with Gasteiger partial charge in [0.15, 0.2) is 0 Å². The molecule has 94 valence electrons. The lowest BCUT2D eigenvalue weighted by atomic mass is 9.88. The average Bonchev–Trinajstić information content (AvgIpc) is 3.07. The lowest BCUT2D eigenvalue weighted by Crippen LogP contribution is -2.63. The van der Waals surface area contributed by atoms with Crippen LogP contribution in [-0.4, -0.2) is 28.8 Å². The van der Waals surface area contributed by atoms with Gasteiger partial charge in [-0.15, -0.1) is 0 Å². The molecular weight excluding hydrogens is 226 g/mol. The quantitative estimate of drug-likeness (QED) is 0.855. The molecule has 0 bridgehead atoms. The first-order valence-electron chi connectivity index (χ1n) is 6.39. The van der Waals surface area contributed by atoms with Gasteiger partial charge in [0.1, 0.15) is 17.5 Å². The summed E-state index contributed by atoms with van der Waals surface area (Å²) in [6.45, 7) is 5.10. The highest BCUT2D eigenvalue weighted by Crippen LogP contribution is 2.45. The fraction of sp³-hybridized carbons (Fsp3) is 0.571. The lowest BCUT2D eigenvalue weighted by Gasteiger charge is -2.48. The van der Waals surface area contributed by atoms with Crippen molar-refractivity contribution in [3.63, 3.8) is 0 Å². The molecule has 4 heteroatoms. The van der Waals surface area contributed by atoms with Crippen molar-refractivity contribution in [2.75, 3.05) is 18.0 Å². The van der Waals surface area contributed by atoms with Crippen LogP contribution in [0.3, 0.4) is 0 Å². The highest BCUT2D eigenvalue weighted by Gasteiger charge is 2.52. The number of β-amino-alcohol motifs (C(OH)–C–C–N with tert-alkyl or cyclic N) is 1. The molecule has 1 aliphatic heterocycles. The second-order valence-electron chi connectivity index (χ2n) is 5.62. The predicted molar refractivity (Wildman–Crippen MR) is 68.3 cm³/mol. The summed E-state index contributed by atoms with van der Waals surface area (Å²) in [4.78, 5) is 6.49. The number of rotatable bonds is 2. The van der Waals surface area contributed by atoms with E-state index >= 15 is 0 Å². The summed E-state index contributed by atoms with van der Waals surface area (Å²) in [6, 6.07) is 4.15. The van der Waals surface area contributed by atoms with Gasteiger partial charge in [-0.2, -0.15) is 5.26 Å². The van der Waals surface area contributed by atoms with Crippen LogP contribution in [0.1, 0.15) is 29.7 Å². The largest absolute Gasteiger partial charge is 0.386 e. The average molecular weight is 243 g/mol. The van der Waals surface area contributed by atoms with Crippen molar-refractivity contribution >= 4 is 5.82 Å². The van der Waals surface area contributed by atoms with E-state index in [-0.39, 0.29) is 0 Å². The van der Waals surface area contributed by atoms with E-state index in [0.29, 0.717) is 24.6 Å². The molecule has 0 atom stereocenters. The van der Waals surface area contributed by atoms with Gasteiger partial charge in [-0.1, -0.05) is 0 Å². The maximum Gasteiger partial charge on any atom is 0.147 e. The normalized spacial score (nSPS) is 21.3. The van der Waals surface area contributed by atoms with E-state index in [1.807, 2.05) is 24.8 Å². The van der Waals surface area contributed by atoms with Crippen molar-refractivity contribution in [3.05, 3.63) is 22.9 Å². The predicted octanol–water partition coefficient (Wildman–Crippen LogP) is 1.53. The number of nitrogens with zero attached hydrogens (tertiary/aromatic N) is 3. The molecule has 18 heavy (non-hydrogen) atoms. The van der Waals surface area contributed by atoms with Gasteiger partial charge in [0.25, 0.3) is 0 Å². The van der Waals surface area contributed by atoms with Crippen LogP contribution in [0.5, 0.6) is 0 Å². The summed E-state index contributed by atoms with van der Waals surface area (Å²) in [5.74, 6) is 1.20. The van der Waals surface area contributed by atoms with Crippen LogP contribution in [0.4, 0.5) is 5.82 Å². The van der Waals surface area contributed by atoms with Crippen LogP contribution in [-0.2, 0) is 0 Å². The summed E-state index contributed by atoms with van der Waals surface area (Å²) < 4.78 is 0. The molecular formula is C14H17N3O. The molecule has 0 unspecified atom stereocenters. The molecule has 1 aromatic rings. The zero-order valence-electron chi connectivity index (χ0n) is 10.8. The van der Waals surface area contributed by atoms with Crippen LogP contribution in [0, 0.1) is 31.1 Å². The third-order valence-corrected chi connectivity index (χ3v) is 4.00. The molecule has 0 aromatic carbocycles. The topological polar surface area (TPSA) is 60.2 Å². The fourth-order valence-electron chi connectivity index (χ4n) is 2.83. The van der Waals surface area contributed by atoms with Gasteiger partial charge in [0, 0.05) is 5.69 Å². The van der Waals surface area contributed by atoms with E-state index in [1.165, 1.54) is 0 Å². The Morgan fingerprint density at radius 1 is 1.44 bits per heavy atom. The second kappa shape index (κ2) is 3.69. The maximum atomic E-state index is 10.3. The Morgan fingerprint density at radius 2 is 2.11 bits per heavy atom. The maximum absolute atomic E-state index is 10.3. The lowest BCUT2D eigenvalue weighted by molar-refractivity contribution is -0.00978. The summed E-state index contributed by atoms with van der Waals surface area (Å²) in [5.41, 5.74) is 1.98. The first kappa shape index (κ1) is 11.5. The van der Waals surface area contributed by atoms with Gasteiger partial charge in [-0.3, -0.25) is 0 Å². The number of aliphatic hydroxyl groups is 1. The molecule has 1 N–H and O–H groups in total. The Kier molecular flexibility index (Phi) is 2.36. The molecule has 4 nitrogen and oxygen atoms in total. The Morgan fingerprint density at radius 3 is 2.67 bits per heavy atom. The standard InChI is InChI=1S/C14H17N3O/c1-9-5-10(2)16-13(12(9)6-15)17-7-14(18,8-17)11-3-4-11/h5,11,18H,3-4,7-8H2,1-2H3. The Bertz CT molecular complexity index is 537. The van der Waals surface area contributed by atoms with Crippen LogP contribution >= 0.6 is 0 Å². The number of anilines is 1. The van der Waals surface area contributed by atoms with E-state index in [4.69, 9.17) is 0 Å². The number of hydrogen-bond donors (Lipinski definition) is 1. The third kappa shape index (κ3) is 1.67. The number of hydrogen-bond acceptors (Lipinski definition) is 4. The Balaban J connectivity index is 1.88. The molecule has 2 aliphatic rings. The summed E-state index contributed by atoms with van der Waals surface area (Å²) in [7, 11) is 0. The monoisotopic (exact) mass is 243 g/mol. The van der Waals surface area contributed by atoms with Gasteiger partial charge < -0.3 is 10.0 Å². The highest BCUT2D eigenvalue weighted by atomic mass is 16.3. The van der Waals surface area contributed by atoms with E-state index in [0.717, 1.165) is 29.9 Å².